The van der Waals surface area contributed by atoms with Gasteiger partial charge in [0, 0.05) is 44.5 Å². The molecule has 0 aromatic carbocycles. The second-order valence-corrected chi connectivity index (χ2v) is 9.19. The summed E-state index contributed by atoms with van der Waals surface area (Å²) < 4.78 is 32.2. The minimum Gasteiger partial charge on any atom is -0.221 e. The molecule has 0 radical (unpaired) electrons. The maximum absolute atomic E-state index is 12.8. The summed E-state index contributed by atoms with van der Waals surface area (Å²) in [6.45, 7) is 2.27. The highest BCUT2D eigenvalue weighted by Gasteiger charge is 2.35. The first-order valence-corrected chi connectivity index (χ1v) is 11.0. The number of rotatable bonds is 4. The van der Waals surface area contributed by atoms with Crippen molar-refractivity contribution in [3.05, 3.63) is 36.4 Å². The molecule has 5 rings (SSSR count). The van der Waals surface area contributed by atoms with Gasteiger partial charge in [-0.05, 0) is 43.9 Å². The smallest absolute Gasteiger partial charge is 0.221 e. The Bertz CT molecular complexity index is 1060. The third-order valence-corrected chi connectivity index (χ3v) is 7.58. The van der Waals surface area contributed by atoms with Crippen LogP contribution in [-0.4, -0.2) is 72.8 Å². The van der Waals surface area contributed by atoms with Crippen molar-refractivity contribution < 1.29 is 8.42 Å². The van der Waals surface area contributed by atoms with Crippen LogP contribution in [0.2, 0.25) is 0 Å². The normalized spacial score (nSPS) is 20.3. The fourth-order valence-corrected chi connectivity index (χ4v) is 5.72. The molecule has 0 amide bonds. The lowest BCUT2D eigenvalue weighted by Gasteiger charge is -2.32. The van der Waals surface area contributed by atoms with E-state index in [2.05, 4.69) is 20.4 Å². The van der Waals surface area contributed by atoms with Gasteiger partial charge < -0.3 is 0 Å². The number of piperidine rings is 1. The molecular formula is C17H22N8O2S. The molecule has 0 unspecified atom stereocenters. The number of aromatic nitrogens is 6. The first-order chi connectivity index (χ1) is 13.6. The van der Waals surface area contributed by atoms with E-state index in [0.717, 1.165) is 18.7 Å². The predicted molar refractivity (Wildman–Crippen MR) is 101 cm³/mol. The molecule has 3 aromatic rings. The summed E-state index contributed by atoms with van der Waals surface area (Å²) in [5.41, 5.74) is 0.679. The van der Waals surface area contributed by atoms with E-state index >= 15 is 0 Å². The van der Waals surface area contributed by atoms with E-state index in [9.17, 15) is 8.42 Å². The minimum atomic E-state index is -3.34. The van der Waals surface area contributed by atoms with Crippen LogP contribution < -0.4 is 0 Å². The Morgan fingerprint density at radius 1 is 0.964 bits per heavy atom. The lowest BCUT2D eigenvalue weighted by molar-refractivity contribution is 0.290. The predicted octanol–water partition coefficient (Wildman–Crippen LogP) is 0.830. The SMILES string of the molecule is O=S(=O)(N1CCCC1)N1CCC(c2nnc3ccc(-n4cccn4)nn23)CC1. The van der Waals surface area contributed by atoms with E-state index in [1.807, 2.05) is 24.4 Å². The Hall–Kier alpha value is -2.37. The van der Waals surface area contributed by atoms with Gasteiger partial charge in [0.1, 0.15) is 0 Å². The van der Waals surface area contributed by atoms with Crippen molar-refractivity contribution in [3.8, 4) is 5.82 Å². The Morgan fingerprint density at radius 3 is 2.43 bits per heavy atom. The molecule has 0 saturated carbocycles. The highest BCUT2D eigenvalue weighted by atomic mass is 32.2. The van der Waals surface area contributed by atoms with Gasteiger partial charge >= 0.3 is 0 Å². The van der Waals surface area contributed by atoms with Gasteiger partial charge in [0.25, 0.3) is 10.2 Å². The molecule has 0 spiro atoms. The molecule has 3 aromatic heterocycles. The topological polar surface area (TPSA) is 102 Å². The van der Waals surface area contributed by atoms with E-state index in [1.165, 1.54) is 0 Å². The van der Waals surface area contributed by atoms with Gasteiger partial charge in [-0.1, -0.05) is 0 Å². The van der Waals surface area contributed by atoms with E-state index in [-0.39, 0.29) is 5.92 Å². The van der Waals surface area contributed by atoms with Gasteiger partial charge in [-0.3, -0.25) is 0 Å². The van der Waals surface area contributed by atoms with Crippen LogP contribution in [0, 0.1) is 0 Å². The average molecular weight is 402 g/mol. The van der Waals surface area contributed by atoms with E-state index in [4.69, 9.17) is 0 Å². The molecule has 148 valence electrons. The largest absolute Gasteiger partial charge is 0.281 e. The quantitative estimate of drug-likeness (QED) is 0.641. The second kappa shape index (κ2) is 6.90. The molecule has 0 bridgehead atoms. The third kappa shape index (κ3) is 2.99. The summed E-state index contributed by atoms with van der Waals surface area (Å²) in [6, 6.07) is 5.56. The molecule has 0 atom stereocenters. The first-order valence-electron chi connectivity index (χ1n) is 9.60. The van der Waals surface area contributed by atoms with Gasteiger partial charge in [-0.15, -0.1) is 15.3 Å². The summed E-state index contributed by atoms with van der Waals surface area (Å²) >= 11 is 0. The molecular weight excluding hydrogens is 380 g/mol. The molecule has 0 N–H and O–H groups in total. The van der Waals surface area contributed by atoms with E-state index < -0.39 is 10.2 Å². The van der Waals surface area contributed by atoms with Gasteiger partial charge in [0.05, 0.1) is 0 Å². The molecule has 0 aliphatic carbocycles. The molecule has 5 heterocycles. The van der Waals surface area contributed by atoms with Crippen LogP contribution in [0.15, 0.2) is 30.6 Å². The van der Waals surface area contributed by atoms with Crippen molar-refractivity contribution in [2.45, 2.75) is 31.6 Å². The van der Waals surface area contributed by atoms with Gasteiger partial charge in [-0.25, -0.2) is 4.68 Å². The lowest BCUT2D eigenvalue weighted by Crippen LogP contribution is -2.46. The van der Waals surface area contributed by atoms with Crippen molar-refractivity contribution in [3.63, 3.8) is 0 Å². The van der Waals surface area contributed by atoms with Crippen molar-refractivity contribution in [2.75, 3.05) is 26.2 Å². The zero-order valence-electron chi connectivity index (χ0n) is 15.4. The van der Waals surface area contributed by atoms with Gasteiger partial charge in [0.15, 0.2) is 17.3 Å². The van der Waals surface area contributed by atoms with Crippen LogP contribution in [0.5, 0.6) is 0 Å². The summed E-state index contributed by atoms with van der Waals surface area (Å²) in [7, 11) is -3.34. The summed E-state index contributed by atoms with van der Waals surface area (Å²) in [5.74, 6) is 1.59. The molecule has 2 aliphatic heterocycles. The molecule has 28 heavy (non-hydrogen) atoms. The van der Waals surface area contributed by atoms with Crippen molar-refractivity contribution in [1.29, 1.82) is 0 Å². The average Bonchev–Trinajstić information content (AvgIpc) is 3.49. The van der Waals surface area contributed by atoms with Gasteiger partial charge in [-0.2, -0.15) is 26.6 Å². The summed E-state index contributed by atoms with van der Waals surface area (Å²) in [5, 5.41) is 17.4. The fourth-order valence-electron chi connectivity index (χ4n) is 4.00. The molecule has 2 fully saturated rings. The summed E-state index contributed by atoms with van der Waals surface area (Å²) in [4.78, 5) is 0. The Kier molecular flexibility index (Phi) is 4.37. The maximum Gasteiger partial charge on any atom is 0.281 e. The van der Waals surface area contributed by atoms with E-state index in [0.29, 0.717) is 50.5 Å². The zero-order valence-corrected chi connectivity index (χ0v) is 16.2. The zero-order chi connectivity index (χ0) is 19.1. The van der Waals surface area contributed by atoms with E-state index in [1.54, 1.807) is 24.0 Å². The van der Waals surface area contributed by atoms with Crippen molar-refractivity contribution >= 4 is 15.9 Å². The monoisotopic (exact) mass is 402 g/mol. The van der Waals surface area contributed by atoms with Crippen LogP contribution in [0.1, 0.15) is 37.4 Å². The fraction of sp³-hybridized carbons (Fsp3) is 0.529. The highest BCUT2D eigenvalue weighted by Crippen LogP contribution is 2.29. The van der Waals surface area contributed by atoms with Crippen LogP contribution in [0.25, 0.3) is 11.5 Å². The van der Waals surface area contributed by atoms with Crippen LogP contribution in [0.4, 0.5) is 0 Å². The van der Waals surface area contributed by atoms with Gasteiger partial charge in [0.2, 0.25) is 0 Å². The van der Waals surface area contributed by atoms with Crippen molar-refractivity contribution in [1.82, 2.24) is 38.2 Å². The standard InChI is InChI=1S/C17H22N8O2S/c26-28(27,22-9-1-2-10-22)23-12-6-14(7-13-23)17-20-19-15-4-5-16(21-25(15)17)24-11-3-8-18-24/h3-5,8,11,14H,1-2,6-7,9-10,12-13H2. The molecule has 11 heteroatoms. The van der Waals surface area contributed by atoms with Crippen LogP contribution in [-0.2, 0) is 10.2 Å². The molecule has 10 nitrogen and oxygen atoms in total. The van der Waals surface area contributed by atoms with Crippen molar-refractivity contribution in [2.24, 2.45) is 0 Å². The Balaban J connectivity index is 1.36. The third-order valence-electron chi connectivity index (χ3n) is 5.55. The number of nitrogens with zero attached hydrogens (tertiary/aromatic N) is 8. The van der Waals surface area contributed by atoms with Crippen LogP contribution in [0.3, 0.4) is 0 Å². The Labute approximate surface area is 162 Å². The maximum atomic E-state index is 12.8. The minimum absolute atomic E-state index is 0.125. The number of fused-ring (bicyclic) bond motifs is 1. The first kappa shape index (κ1) is 17.7. The Morgan fingerprint density at radius 2 is 1.71 bits per heavy atom. The lowest BCUT2D eigenvalue weighted by atomic mass is 9.97. The van der Waals surface area contributed by atoms with Crippen LogP contribution >= 0.6 is 0 Å². The molecule has 2 saturated heterocycles. The number of hydrogen-bond donors (Lipinski definition) is 0. The second-order valence-electron chi connectivity index (χ2n) is 7.26. The number of hydrogen-bond acceptors (Lipinski definition) is 6. The highest BCUT2D eigenvalue weighted by molar-refractivity contribution is 7.86. The molecule has 2 aliphatic rings. The summed E-state index contributed by atoms with van der Waals surface area (Å²) in [6.07, 6.45) is 6.86.